The molecule has 0 radical (unpaired) electrons. The van der Waals surface area contributed by atoms with Gasteiger partial charge in [-0.3, -0.25) is 15.1 Å². The quantitative estimate of drug-likeness (QED) is 0.259. The molecule has 3 aromatic rings. The number of ether oxygens (including phenoxy) is 2. The summed E-state index contributed by atoms with van der Waals surface area (Å²) in [6.45, 7) is 13.9. The van der Waals surface area contributed by atoms with Crippen LogP contribution in [0.2, 0.25) is 18.1 Å². The molecule has 2 fully saturated rings. The molecule has 2 aliphatic rings. The van der Waals surface area contributed by atoms with E-state index in [1.165, 1.54) is 30.7 Å². The Hall–Kier alpha value is -2.89. The second-order valence-electron chi connectivity index (χ2n) is 13.0. The molecule has 5 rings (SSSR count). The molecule has 41 heavy (non-hydrogen) atoms. The number of pyridine rings is 1. The van der Waals surface area contributed by atoms with Crippen molar-refractivity contribution in [3.05, 3.63) is 47.5 Å². The van der Waals surface area contributed by atoms with Gasteiger partial charge in [0, 0.05) is 23.6 Å². The summed E-state index contributed by atoms with van der Waals surface area (Å²) in [6.07, 6.45) is 6.43. The van der Waals surface area contributed by atoms with E-state index in [1.807, 2.05) is 0 Å². The van der Waals surface area contributed by atoms with Crippen LogP contribution in [0.15, 0.2) is 30.5 Å². The Balaban J connectivity index is 1.14. The first-order valence-electron chi connectivity index (χ1n) is 14.0. The van der Waals surface area contributed by atoms with Gasteiger partial charge in [-0.25, -0.2) is 4.39 Å². The normalized spacial score (nSPS) is 22.1. The number of anilines is 1. The number of aromatic nitrogens is 3. The molecule has 1 amide bonds. The molecule has 2 saturated carbocycles. The van der Waals surface area contributed by atoms with E-state index in [0.717, 1.165) is 25.7 Å². The number of rotatable bonds is 9. The summed E-state index contributed by atoms with van der Waals surface area (Å²) in [5, 5.41) is 11.9. The van der Waals surface area contributed by atoms with E-state index in [4.69, 9.17) is 13.9 Å². The van der Waals surface area contributed by atoms with Gasteiger partial charge in [0.25, 0.3) is 11.1 Å². The van der Waals surface area contributed by atoms with Crippen molar-refractivity contribution in [3.63, 3.8) is 0 Å². The Bertz CT molecular complexity index is 1430. The number of aryl methyl sites for hydroxylation is 1. The number of carbonyl (C=O) groups excluding carboxylic acids is 1. The number of halogens is 1. The SMILES string of the molecule is COc1cccc(F)c1-c1cc(C)ncc1C(=O)Nc1nnc(OCC2CC3(C2)CC(O[Si](C)(C)C(C)(C)C)C3)s1. The largest absolute Gasteiger partial charge is 0.496 e. The standard InChI is InChI=1S/C30H39FN4O4SSi/c1-18-11-21(25-23(31)9-8-10-24(25)37-5)22(16-32-18)26(36)33-27-34-35-28(40-27)38-17-19-12-30(13-19)14-20(15-30)39-41(6,7)29(2,3)4/h8-11,16,19-20H,12-15,17H2,1-7H3,(H,33,34,36). The number of benzene rings is 1. The Morgan fingerprint density at radius 2 is 1.93 bits per heavy atom. The summed E-state index contributed by atoms with van der Waals surface area (Å²) in [7, 11) is -0.257. The van der Waals surface area contributed by atoms with E-state index < -0.39 is 20.0 Å². The molecule has 0 unspecified atom stereocenters. The fourth-order valence-corrected chi connectivity index (χ4v) is 7.71. The zero-order chi connectivity index (χ0) is 29.6. The van der Waals surface area contributed by atoms with Crippen molar-refractivity contribution in [2.75, 3.05) is 19.0 Å². The van der Waals surface area contributed by atoms with Gasteiger partial charge in [0.2, 0.25) is 5.13 Å². The van der Waals surface area contributed by atoms with E-state index in [-0.39, 0.29) is 16.2 Å². The maximum atomic E-state index is 14.8. The summed E-state index contributed by atoms with van der Waals surface area (Å²) >= 11 is 1.17. The molecule has 2 heterocycles. The van der Waals surface area contributed by atoms with E-state index in [0.29, 0.717) is 51.4 Å². The lowest BCUT2D eigenvalue weighted by Gasteiger charge is -2.59. The molecule has 8 nitrogen and oxygen atoms in total. The zero-order valence-electron chi connectivity index (χ0n) is 24.8. The summed E-state index contributed by atoms with van der Waals surface area (Å²) in [4.78, 5) is 17.5. The Morgan fingerprint density at radius 1 is 1.20 bits per heavy atom. The molecule has 2 aromatic heterocycles. The lowest BCUT2D eigenvalue weighted by molar-refractivity contribution is -0.112. The third kappa shape index (κ3) is 6.17. The van der Waals surface area contributed by atoms with Crippen LogP contribution < -0.4 is 14.8 Å². The second kappa shape index (κ2) is 11.1. The van der Waals surface area contributed by atoms with Gasteiger partial charge in [-0.15, -0.1) is 5.10 Å². The average Bonchev–Trinajstić information content (AvgIpc) is 3.29. The molecule has 0 atom stereocenters. The minimum Gasteiger partial charge on any atom is -0.496 e. The summed E-state index contributed by atoms with van der Waals surface area (Å²) in [5.74, 6) is -0.146. The maximum Gasteiger partial charge on any atom is 0.295 e. The van der Waals surface area contributed by atoms with Crippen molar-refractivity contribution in [2.24, 2.45) is 11.3 Å². The molecule has 0 aliphatic heterocycles. The van der Waals surface area contributed by atoms with E-state index >= 15 is 0 Å². The zero-order valence-corrected chi connectivity index (χ0v) is 26.7. The third-order valence-electron chi connectivity index (χ3n) is 8.85. The Labute approximate surface area is 246 Å². The third-order valence-corrected chi connectivity index (χ3v) is 14.1. The van der Waals surface area contributed by atoms with Crippen LogP contribution in [-0.2, 0) is 4.43 Å². The fraction of sp³-hybridized carbons (Fsp3) is 0.533. The molecule has 0 saturated heterocycles. The first-order valence-corrected chi connectivity index (χ1v) is 17.8. The highest BCUT2D eigenvalue weighted by atomic mass is 32.1. The number of carbonyl (C=O) groups is 1. The first-order chi connectivity index (χ1) is 19.3. The highest BCUT2D eigenvalue weighted by Crippen LogP contribution is 2.60. The first kappa shape index (κ1) is 29.6. The predicted octanol–water partition coefficient (Wildman–Crippen LogP) is 7.27. The van der Waals surface area contributed by atoms with Crippen LogP contribution in [0.25, 0.3) is 11.1 Å². The fourth-order valence-electron chi connectivity index (χ4n) is 5.75. The van der Waals surface area contributed by atoms with Crippen molar-refractivity contribution >= 4 is 30.7 Å². The van der Waals surface area contributed by atoms with Crippen molar-refractivity contribution in [3.8, 4) is 22.1 Å². The lowest BCUT2D eigenvalue weighted by Crippen LogP contribution is -2.56. The number of nitrogens with one attached hydrogen (secondary N) is 1. The van der Waals surface area contributed by atoms with Gasteiger partial charge in [0.15, 0.2) is 8.32 Å². The van der Waals surface area contributed by atoms with Crippen LogP contribution in [0.3, 0.4) is 0 Å². The Kier molecular flexibility index (Phi) is 7.99. The second-order valence-corrected chi connectivity index (χ2v) is 18.7. The number of nitrogens with zero attached hydrogens (tertiary/aromatic N) is 3. The monoisotopic (exact) mass is 598 g/mol. The van der Waals surface area contributed by atoms with Crippen molar-refractivity contribution in [1.82, 2.24) is 15.2 Å². The van der Waals surface area contributed by atoms with Crippen molar-refractivity contribution < 1.29 is 23.1 Å². The molecular weight excluding hydrogens is 560 g/mol. The smallest absolute Gasteiger partial charge is 0.295 e. The average molecular weight is 599 g/mol. The minimum absolute atomic E-state index is 0.202. The van der Waals surface area contributed by atoms with Gasteiger partial charge in [0.1, 0.15) is 11.6 Å². The number of amides is 1. The predicted molar refractivity (Wildman–Crippen MR) is 161 cm³/mol. The van der Waals surface area contributed by atoms with Gasteiger partial charge in [-0.2, -0.15) is 0 Å². The maximum absolute atomic E-state index is 14.8. The highest BCUT2D eigenvalue weighted by Gasteiger charge is 2.55. The Morgan fingerprint density at radius 3 is 2.61 bits per heavy atom. The molecular formula is C30H39FN4O4SSi. The molecule has 0 bridgehead atoms. The van der Waals surface area contributed by atoms with Crippen LogP contribution in [0.5, 0.6) is 10.9 Å². The van der Waals surface area contributed by atoms with E-state index in [2.05, 4.69) is 54.4 Å². The van der Waals surface area contributed by atoms with E-state index in [1.54, 1.807) is 25.1 Å². The summed E-state index contributed by atoms with van der Waals surface area (Å²) in [5.41, 5.74) is 1.86. The van der Waals surface area contributed by atoms with Crippen LogP contribution in [0, 0.1) is 24.1 Å². The highest BCUT2D eigenvalue weighted by molar-refractivity contribution is 7.17. The molecule has 11 heteroatoms. The summed E-state index contributed by atoms with van der Waals surface area (Å²) < 4.78 is 32.7. The topological polar surface area (TPSA) is 95.5 Å². The minimum atomic E-state index is -1.72. The van der Waals surface area contributed by atoms with Crippen molar-refractivity contribution in [1.29, 1.82) is 0 Å². The number of hydrogen-bond donors (Lipinski definition) is 1. The molecule has 220 valence electrons. The van der Waals surface area contributed by atoms with Gasteiger partial charge in [0.05, 0.1) is 24.8 Å². The van der Waals surface area contributed by atoms with Crippen LogP contribution in [0.1, 0.15) is 62.5 Å². The van der Waals surface area contributed by atoms with Gasteiger partial charge in [-0.1, -0.05) is 31.9 Å². The molecule has 1 spiro atoms. The van der Waals surface area contributed by atoms with Crippen LogP contribution >= 0.6 is 11.3 Å². The van der Waals surface area contributed by atoms with Gasteiger partial charge in [-0.05, 0) is 91.6 Å². The molecule has 2 aliphatic carbocycles. The lowest BCUT2D eigenvalue weighted by atomic mass is 9.51. The van der Waals surface area contributed by atoms with Crippen LogP contribution in [0.4, 0.5) is 9.52 Å². The summed E-state index contributed by atoms with van der Waals surface area (Å²) in [6, 6.07) is 6.21. The van der Waals surface area contributed by atoms with Gasteiger partial charge >= 0.3 is 0 Å². The van der Waals surface area contributed by atoms with E-state index in [9.17, 15) is 9.18 Å². The number of hydrogen-bond acceptors (Lipinski definition) is 8. The molecule has 1 aromatic carbocycles. The van der Waals surface area contributed by atoms with Crippen molar-refractivity contribution in [2.45, 2.75) is 77.6 Å². The van der Waals surface area contributed by atoms with Gasteiger partial charge < -0.3 is 13.9 Å². The number of methoxy groups -OCH3 is 1. The molecule has 1 N–H and O–H groups in total. The van der Waals surface area contributed by atoms with Crippen LogP contribution in [-0.4, -0.2) is 49.2 Å².